The van der Waals surface area contributed by atoms with Gasteiger partial charge in [-0.1, -0.05) is 0 Å². The van der Waals surface area contributed by atoms with E-state index in [0.29, 0.717) is 18.7 Å². The zero-order chi connectivity index (χ0) is 17.1. The minimum Gasteiger partial charge on any atom is -0.487 e. The second kappa shape index (κ2) is 7.07. The van der Waals surface area contributed by atoms with Gasteiger partial charge in [-0.3, -0.25) is 4.79 Å². The number of nitrogens with one attached hydrogen (secondary N) is 1. The van der Waals surface area contributed by atoms with Gasteiger partial charge in [-0.15, -0.1) is 0 Å². The zero-order valence-electron chi connectivity index (χ0n) is 13.3. The Kier molecular flexibility index (Phi) is 4.87. The summed E-state index contributed by atoms with van der Waals surface area (Å²) in [6.45, 7) is 0.556. The third-order valence-electron chi connectivity index (χ3n) is 4.60. The average Bonchev–Trinajstić information content (AvgIpc) is 3.21. The van der Waals surface area contributed by atoms with Crippen LogP contribution in [0.5, 0.6) is 5.75 Å². The van der Waals surface area contributed by atoms with Crippen LogP contribution < -0.4 is 10.1 Å². The second-order valence-electron chi connectivity index (χ2n) is 6.37. The van der Waals surface area contributed by atoms with Crippen molar-refractivity contribution in [3.05, 3.63) is 24.0 Å². The number of benzene rings is 1. The summed E-state index contributed by atoms with van der Waals surface area (Å²) in [7, 11) is 0. The topological polar surface area (TPSA) is 78.9 Å². The first-order valence-corrected chi connectivity index (χ1v) is 8.28. The highest BCUT2D eigenvalue weighted by Gasteiger charge is 2.31. The number of hydrogen-bond donors (Lipinski definition) is 2. The molecule has 1 atom stereocenters. The Morgan fingerprint density at radius 3 is 2.62 bits per heavy atom. The fourth-order valence-electron chi connectivity index (χ4n) is 3.21. The Hall–Kier alpha value is -2.31. The highest BCUT2D eigenvalue weighted by atomic mass is 19.1. The van der Waals surface area contributed by atoms with Crippen LogP contribution in [0.2, 0.25) is 0 Å². The molecule has 0 bridgehead atoms. The molecule has 1 heterocycles. The van der Waals surface area contributed by atoms with E-state index < -0.39 is 23.7 Å². The van der Waals surface area contributed by atoms with Crippen LogP contribution >= 0.6 is 0 Å². The number of aliphatic carboxylic acids is 1. The van der Waals surface area contributed by atoms with Crippen molar-refractivity contribution in [3.8, 4) is 5.75 Å². The van der Waals surface area contributed by atoms with E-state index in [-0.39, 0.29) is 18.4 Å². The normalized spacial score (nSPS) is 21.0. The number of ether oxygens (including phenoxy) is 1. The molecule has 6 nitrogen and oxygen atoms in total. The van der Waals surface area contributed by atoms with Crippen molar-refractivity contribution in [3.63, 3.8) is 0 Å². The minimum absolute atomic E-state index is 0.0671. The molecule has 1 aliphatic heterocycles. The fourth-order valence-corrected chi connectivity index (χ4v) is 3.21. The van der Waals surface area contributed by atoms with Crippen molar-refractivity contribution in [2.45, 2.75) is 38.2 Å². The van der Waals surface area contributed by atoms with E-state index in [2.05, 4.69) is 5.32 Å². The van der Waals surface area contributed by atoms with Crippen molar-refractivity contribution in [1.82, 2.24) is 4.90 Å². The molecule has 0 spiro atoms. The Bertz CT molecular complexity index is 631. The van der Waals surface area contributed by atoms with Crippen LogP contribution in [-0.4, -0.2) is 41.2 Å². The molecule has 0 radical (unpaired) electrons. The van der Waals surface area contributed by atoms with E-state index in [1.54, 1.807) is 6.07 Å². The molecule has 3 rings (SSSR count). The lowest BCUT2D eigenvalue weighted by Gasteiger charge is -2.18. The highest BCUT2D eigenvalue weighted by Crippen LogP contribution is 2.28. The summed E-state index contributed by atoms with van der Waals surface area (Å²) in [5.41, 5.74) is 0.329. The van der Waals surface area contributed by atoms with E-state index in [4.69, 9.17) is 9.84 Å². The molecule has 2 N–H and O–H groups in total. The Labute approximate surface area is 139 Å². The number of nitrogens with zero attached hydrogens (tertiary/aromatic N) is 1. The van der Waals surface area contributed by atoms with Crippen LogP contribution in [-0.2, 0) is 4.79 Å². The highest BCUT2D eigenvalue weighted by molar-refractivity contribution is 5.90. The molecule has 2 fully saturated rings. The van der Waals surface area contributed by atoms with Crippen LogP contribution in [0.1, 0.15) is 32.1 Å². The van der Waals surface area contributed by atoms with Gasteiger partial charge >= 0.3 is 12.0 Å². The van der Waals surface area contributed by atoms with Crippen molar-refractivity contribution >= 4 is 17.7 Å². The predicted octanol–water partition coefficient (Wildman–Crippen LogP) is 3.09. The van der Waals surface area contributed by atoms with Crippen LogP contribution in [0, 0.1) is 11.7 Å². The van der Waals surface area contributed by atoms with Crippen molar-refractivity contribution < 1.29 is 23.8 Å². The smallest absolute Gasteiger partial charge is 0.321 e. The molecule has 7 heteroatoms. The molecule has 2 amide bonds. The van der Waals surface area contributed by atoms with Crippen LogP contribution in [0.25, 0.3) is 0 Å². The monoisotopic (exact) mass is 336 g/mol. The first-order valence-electron chi connectivity index (χ1n) is 8.28. The molecule has 1 saturated heterocycles. The largest absolute Gasteiger partial charge is 0.487 e. The lowest BCUT2D eigenvalue weighted by Crippen LogP contribution is -2.33. The lowest BCUT2D eigenvalue weighted by molar-refractivity contribution is -0.141. The molecule has 2 aliphatic rings. The second-order valence-corrected chi connectivity index (χ2v) is 6.37. The van der Waals surface area contributed by atoms with E-state index >= 15 is 0 Å². The summed E-state index contributed by atoms with van der Waals surface area (Å²) < 4.78 is 19.8. The number of likely N-dealkylation sites (tertiary alicyclic amines) is 1. The summed E-state index contributed by atoms with van der Waals surface area (Å²) in [5, 5.41) is 11.6. The van der Waals surface area contributed by atoms with Gasteiger partial charge in [0.1, 0.15) is 0 Å². The quantitative estimate of drug-likeness (QED) is 0.885. The lowest BCUT2D eigenvalue weighted by atomic mass is 10.1. The van der Waals surface area contributed by atoms with Gasteiger partial charge in [0.05, 0.1) is 12.0 Å². The number of urea groups is 1. The third kappa shape index (κ3) is 3.77. The predicted molar refractivity (Wildman–Crippen MR) is 85.6 cm³/mol. The number of carboxylic acids is 1. The van der Waals surface area contributed by atoms with Gasteiger partial charge in [-0.05, 0) is 44.2 Å². The van der Waals surface area contributed by atoms with Crippen LogP contribution in [0.3, 0.4) is 0 Å². The molecule has 1 aromatic carbocycles. The summed E-state index contributed by atoms with van der Waals surface area (Å²) in [5.74, 6) is -1.74. The van der Waals surface area contributed by atoms with Crippen molar-refractivity contribution in [2.24, 2.45) is 5.92 Å². The van der Waals surface area contributed by atoms with Gasteiger partial charge in [0.2, 0.25) is 0 Å². The molecule has 1 aromatic rings. The van der Waals surface area contributed by atoms with E-state index in [0.717, 1.165) is 25.7 Å². The summed E-state index contributed by atoms with van der Waals surface area (Å²) in [6.07, 6.45) is 4.60. The maximum absolute atomic E-state index is 14.1. The fraction of sp³-hybridized carbons (Fsp3) is 0.529. The number of carboxylic acid groups (broad SMARTS) is 1. The maximum atomic E-state index is 14.1. The Morgan fingerprint density at radius 2 is 2.00 bits per heavy atom. The van der Waals surface area contributed by atoms with Gasteiger partial charge in [-0.25, -0.2) is 9.18 Å². The number of rotatable bonds is 4. The molecular weight excluding hydrogens is 315 g/mol. The van der Waals surface area contributed by atoms with Gasteiger partial charge in [0, 0.05) is 24.8 Å². The number of carbonyl (C=O) groups is 2. The molecule has 0 aromatic heterocycles. The molecule has 1 aliphatic carbocycles. The van der Waals surface area contributed by atoms with Crippen molar-refractivity contribution in [2.75, 3.05) is 18.4 Å². The summed E-state index contributed by atoms with van der Waals surface area (Å²) in [4.78, 5) is 24.5. The molecular formula is C17H21FN2O4. The van der Waals surface area contributed by atoms with E-state index in [1.165, 1.54) is 17.0 Å². The molecule has 1 unspecified atom stereocenters. The van der Waals surface area contributed by atoms with Gasteiger partial charge in [0.15, 0.2) is 11.6 Å². The average molecular weight is 336 g/mol. The summed E-state index contributed by atoms with van der Waals surface area (Å²) in [6, 6.07) is 3.93. The number of anilines is 1. The number of hydrogen-bond acceptors (Lipinski definition) is 3. The first kappa shape index (κ1) is 16.5. The Morgan fingerprint density at radius 1 is 1.25 bits per heavy atom. The van der Waals surface area contributed by atoms with Gasteiger partial charge in [0.25, 0.3) is 0 Å². The number of carbonyl (C=O) groups excluding carboxylic acids is 1. The number of halogens is 1. The van der Waals surface area contributed by atoms with Gasteiger partial charge < -0.3 is 20.1 Å². The van der Waals surface area contributed by atoms with Gasteiger partial charge in [-0.2, -0.15) is 0 Å². The minimum atomic E-state index is -0.898. The SMILES string of the molecule is O=C(O)C1CCN(C(=O)Nc2ccc(OC3CCCC3)c(F)c2)C1. The Balaban J connectivity index is 1.58. The third-order valence-corrected chi connectivity index (χ3v) is 4.60. The first-order chi connectivity index (χ1) is 11.5. The maximum Gasteiger partial charge on any atom is 0.321 e. The zero-order valence-corrected chi connectivity index (χ0v) is 13.3. The van der Waals surface area contributed by atoms with E-state index in [9.17, 15) is 14.0 Å². The molecule has 24 heavy (non-hydrogen) atoms. The molecule has 130 valence electrons. The standard InChI is InChI=1S/C17H21FN2O4/c18-14-9-12(5-6-15(14)24-13-3-1-2-4-13)19-17(23)20-8-7-11(10-20)16(21)22/h5-6,9,11,13H,1-4,7-8,10H2,(H,19,23)(H,21,22). The summed E-state index contributed by atoms with van der Waals surface area (Å²) >= 11 is 0. The van der Waals surface area contributed by atoms with Crippen LogP contribution in [0.4, 0.5) is 14.9 Å². The molecule has 1 saturated carbocycles. The number of amides is 2. The van der Waals surface area contributed by atoms with Crippen LogP contribution in [0.15, 0.2) is 18.2 Å². The van der Waals surface area contributed by atoms with Crippen molar-refractivity contribution in [1.29, 1.82) is 0 Å². The van der Waals surface area contributed by atoms with E-state index in [1.807, 2.05) is 0 Å².